The summed E-state index contributed by atoms with van der Waals surface area (Å²) in [6.45, 7) is 2.11. The monoisotopic (exact) mass is 825 g/mol. The molecule has 0 bridgehead atoms. The molecule has 0 radical (unpaired) electrons. The number of carbonyl (C=O) groups is 2. The van der Waals surface area contributed by atoms with Gasteiger partial charge in [-0.3, -0.25) is 9.59 Å². The minimum absolute atomic E-state index is 0.00394. The first-order valence-corrected chi connectivity index (χ1v) is 19.9. The zero-order valence-corrected chi connectivity index (χ0v) is 33.8. The molecule has 0 unspecified atom stereocenters. The van der Waals surface area contributed by atoms with Crippen molar-refractivity contribution in [2.45, 2.75) is 64.0 Å². The molecule has 6 aromatic rings. The smallest absolute Gasteiger partial charge is 0.346 e. The number of carbonyl (C=O) groups excluding carboxylic acids is 2. The quantitative estimate of drug-likeness (QED) is 0.119. The second kappa shape index (κ2) is 20.7. The van der Waals surface area contributed by atoms with Gasteiger partial charge in [0.05, 0.1) is 40.1 Å². The van der Waals surface area contributed by atoms with Gasteiger partial charge in [-0.1, -0.05) is 121 Å². The minimum atomic E-state index is -1.26. The Hall–Kier alpha value is -6.48. The molecular formula is C48H47N3O10. The molecule has 314 valence electrons. The van der Waals surface area contributed by atoms with E-state index in [1.54, 1.807) is 25.3 Å². The average molecular weight is 826 g/mol. The summed E-state index contributed by atoms with van der Waals surface area (Å²) in [5, 5.41) is 2.83. The number of rotatable bonds is 16. The minimum Gasteiger partial charge on any atom is -0.497 e. The lowest BCUT2D eigenvalue weighted by Gasteiger charge is -2.46. The van der Waals surface area contributed by atoms with Crippen LogP contribution >= 0.6 is 0 Å². The number of nitrogens with one attached hydrogen (secondary N) is 1. The van der Waals surface area contributed by atoms with Crippen LogP contribution in [0.25, 0.3) is 0 Å². The first kappa shape index (κ1) is 42.6. The van der Waals surface area contributed by atoms with Gasteiger partial charge >= 0.3 is 11.7 Å². The molecule has 2 heterocycles. The highest BCUT2D eigenvalue weighted by molar-refractivity contribution is 5.96. The Morgan fingerprint density at radius 3 is 1.66 bits per heavy atom. The van der Waals surface area contributed by atoms with Crippen LogP contribution in [0.3, 0.4) is 0 Å². The third-order valence-electron chi connectivity index (χ3n) is 10.2. The number of amides is 1. The molecular weight excluding hydrogens is 779 g/mol. The van der Waals surface area contributed by atoms with E-state index in [2.05, 4.69) is 5.32 Å². The summed E-state index contributed by atoms with van der Waals surface area (Å²) < 4.78 is 39.5. The van der Waals surface area contributed by atoms with Crippen LogP contribution in [0.5, 0.6) is 5.75 Å². The Morgan fingerprint density at radius 2 is 1.11 bits per heavy atom. The van der Waals surface area contributed by atoms with Crippen LogP contribution in [-0.4, -0.2) is 65.4 Å². The summed E-state index contributed by atoms with van der Waals surface area (Å²) >= 11 is 0. The molecule has 7 rings (SSSR count). The Bertz CT molecular complexity index is 2460. The van der Waals surface area contributed by atoms with Gasteiger partial charge in [0.1, 0.15) is 30.2 Å². The largest absolute Gasteiger partial charge is 0.497 e. The molecule has 0 spiro atoms. The van der Waals surface area contributed by atoms with Crippen LogP contribution < -0.4 is 21.3 Å². The lowest BCUT2D eigenvalue weighted by atomic mass is 9.97. The zero-order chi connectivity index (χ0) is 42.6. The van der Waals surface area contributed by atoms with Gasteiger partial charge in [-0.2, -0.15) is 4.57 Å². The summed E-state index contributed by atoms with van der Waals surface area (Å²) in [4.78, 5) is 55.0. The number of hydrogen-bond acceptors (Lipinski definition) is 10. The maximum atomic E-state index is 14.3. The maximum absolute atomic E-state index is 14.3. The van der Waals surface area contributed by atoms with Crippen molar-refractivity contribution in [1.29, 1.82) is 0 Å². The van der Waals surface area contributed by atoms with Gasteiger partial charge in [0.15, 0.2) is 6.23 Å². The van der Waals surface area contributed by atoms with Crippen LogP contribution in [-0.2, 0) is 50.1 Å². The number of aryl methyl sites for hydroxylation is 1. The van der Waals surface area contributed by atoms with Crippen molar-refractivity contribution in [1.82, 2.24) is 14.5 Å². The molecule has 13 heteroatoms. The van der Waals surface area contributed by atoms with Crippen molar-refractivity contribution in [2.75, 3.05) is 13.7 Å². The zero-order valence-electron chi connectivity index (χ0n) is 33.8. The van der Waals surface area contributed by atoms with E-state index in [-0.39, 0.29) is 44.2 Å². The van der Waals surface area contributed by atoms with Crippen LogP contribution in [0, 0.1) is 6.92 Å². The van der Waals surface area contributed by atoms with Gasteiger partial charge in [-0.05, 0) is 53.4 Å². The fourth-order valence-electron chi connectivity index (χ4n) is 6.95. The van der Waals surface area contributed by atoms with Crippen molar-refractivity contribution in [3.05, 3.63) is 206 Å². The normalized spacial score (nSPS) is 18.6. The number of aromatic nitrogens is 2. The van der Waals surface area contributed by atoms with Crippen molar-refractivity contribution in [3.63, 3.8) is 0 Å². The summed E-state index contributed by atoms with van der Waals surface area (Å²) in [6.07, 6.45) is -3.73. The first-order chi connectivity index (χ1) is 29.8. The summed E-state index contributed by atoms with van der Waals surface area (Å²) in [7, 11) is 1.60. The highest BCUT2D eigenvalue weighted by atomic mass is 16.6. The van der Waals surface area contributed by atoms with Gasteiger partial charge in [0.25, 0.3) is 11.5 Å². The lowest BCUT2D eigenvalue weighted by molar-refractivity contribution is -0.276. The average Bonchev–Trinajstić information content (AvgIpc) is 3.30. The third-order valence-corrected chi connectivity index (χ3v) is 10.2. The van der Waals surface area contributed by atoms with E-state index in [0.29, 0.717) is 14.9 Å². The fourth-order valence-corrected chi connectivity index (χ4v) is 6.95. The molecule has 13 nitrogen and oxygen atoms in total. The van der Waals surface area contributed by atoms with Crippen molar-refractivity contribution < 1.29 is 38.0 Å². The Kier molecular flexibility index (Phi) is 14.4. The Labute approximate surface area is 353 Å². The highest BCUT2D eigenvalue weighted by Crippen LogP contribution is 2.30. The topological polar surface area (TPSA) is 146 Å². The molecule has 1 aliphatic rings. The number of methoxy groups -OCH3 is 1. The van der Waals surface area contributed by atoms with E-state index in [0.717, 1.165) is 28.5 Å². The second-order valence-corrected chi connectivity index (χ2v) is 14.5. The van der Waals surface area contributed by atoms with E-state index >= 15 is 0 Å². The van der Waals surface area contributed by atoms with Crippen LogP contribution in [0.15, 0.2) is 161 Å². The van der Waals surface area contributed by atoms with Crippen molar-refractivity contribution in [2.24, 2.45) is 0 Å². The molecule has 5 aromatic carbocycles. The molecule has 0 aliphatic carbocycles. The van der Waals surface area contributed by atoms with Crippen molar-refractivity contribution >= 4 is 11.9 Å². The third kappa shape index (κ3) is 10.8. The second-order valence-electron chi connectivity index (χ2n) is 14.5. The number of nitrogens with zero attached hydrogens (tertiary/aromatic N) is 2. The Morgan fingerprint density at radius 1 is 0.623 bits per heavy atom. The summed E-state index contributed by atoms with van der Waals surface area (Å²) in [6, 6.07) is 43.2. The standard InChI is InChI=1S/C48H47N3O10/c1-33-27-50(48(55)51(45(33)52)46(53)38-21-13-6-14-22-38)47(54)49-44-43(60-31-36-19-11-5-12-20-36)42(59-30-35-17-9-4-10-18-35)41(58-29-34-15-7-3-8-16-34)40(61-44)32-57-28-37-23-25-39(56-2)26-24-37/h3-27,40-44H,28-32H2,1-2H3,(H,49,54)/t40-,41-,42+,43-,44-/m1/s1. The van der Waals surface area contributed by atoms with Crippen LogP contribution in [0.4, 0.5) is 4.79 Å². The van der Waals surface area contributed by atoms with Gasteiger partial charge in [-0.25, -0.2) is 14.2 Å². The van der Waals surface area contributed by atoms with E-state index in [1.807, 2.05) is 115 Å². The van der Waals surface area contributed by atoms with Crippen molar-refractivity contribution in [3.8, 4) is 5.75 Å². The summed E-state index contributed by atoms with van der Waals surface area (Å²) in [5.74, 6) is -0.165. The van der Waals surface area contributed by atoms with Gasteiger partial charge in [0, 0.05) is 17.3 Å². The van der Waals surface area contributed by atoms with Gasteiger partial charge < -0.3 is 33.7 Å². The fraction of sp³-hybridized carbons (Fsp3) is 0.250. The SMILES string of the molecule is COc1ccc(COC[C@H]2O[C@@H](NC(=O)n3cc(C)c(=O)n(C(=O)c4ccccc4)c3=O)[C@H](OCc3ccccc3)[C@@H](OCc3ccccc3)[C@@H]2OCc2ccccc2)cc1. The molecule has 1 N–H and O–H groups in total. The predicted molar refractivity (Wildman–Crippen MR) is 226 cm³/mol. The van der Waals surface area contributed by atoms with E-state index in [9.17, 15) is 19.2 Å². The van der Waals surface area contributed by atoms with E-state index in [4.69, 9.17) is 28.4 Å². The highest BCUT2D eigenvalue weighted by Gasteiger charge is 2.49. The van der Waals surface area contributed by atoms with E-state index in [1.165, 1.54) is 19.1 Å². The first-order valence-electron chi connectivity index (χ1n) is 19.9. The number of hydrogen-bond donors (Lipinski definition) is 1. The predicted octanol–water partition coefficient (Wildman–Crippen LogP) is 6.27. The maximum Gasteiger partial charge on any atom is 0.346 e. The number of ether oxygens (including phenoxy) is 6. The van der Waals surface area contributed by atoms with Crippen LogP contribution in [0.2, 0.25) is 0 Å². The Balaban J connectivity index is 1.25. The molecule has 0 saturated carbocycles. The summed E-state index contributed by atoms with van der Waals surface area (Å²) in [5.41, 5.74) is 1.62. The molecule has 1 fully saturated rings. The molecule has 5 atom stereocenters. The molecule has 1 aliphatic heterocycles. The van der Waals surface area contributed by atoms with E-state index < -0.39 is 53.8 Å². The van der Waals surface area contributed by atoms with Crippen LogP contribution in [0.1, 0.15) is 38.2 Å². The molecule has 1 saturated heterocycles. The lowest BCUT2D eigenvalue weighted by Crippen LogP contribution is -2.66. The number of benzene rings is 5. The molecule has 1 aromatic heterocycles. The molecule has 61 heavy (non-hydrogen) atoms. The van der Waals surface area contributed by atoms with Gasteiger partial charge in [-0.15, -0.1) is 0 Å². The van der Waals surface area contributed by atoms with Gasteiger partial charge in [0.2, 0.25) is 0 Å². The molecule has 1 amide bonds.